The van der Waals surface area contributed by atoms with Gasteiger partial charge in [0.1, 0.15) is 0 Å². The highest BCUT2D eigenvalue weighted by molar-refractivity contribution is 5.90. The number of nitrogens with one attached hydrogen (secondary N) is 2. The molecule has 2 amide bonds. The lowest BCUT2D eigenvalue weighted by Gasteiger charge is -2.43. The quantitative estimate of drug-likeness (QED) is 0.235. The second-order valence-electron chi connectivity index (χ2n) is 14.9. The van der Waals surface area contributed by atoms with Crippen molar-refractivity contribution in [3.05, 3.63) is 65.2 Å². The molecule has 45 heavy (non-hydrogen) atoms. The number of hydrogen-bond acceptors (Lipinski definition) is 6. The van der Waals surface area contributed by atoms with Gasteiger partial charge >= 0.3 is 0 Å². The minimum Gasteiger partial charge on any atom is -0.392 e. The van der Waals surface area contributed by atoms with Crippen LogP contribution in [0.25, 0.3) is 0 Å². The highest BCUT2D eigenvalue weighted by Crippen LogP contribution is 2.53. The van der Waals surface area contributed by atoms with Gasteiger partial charge in [-0.2, -0.15) is 0 Å². The first-order valence-electron chi connectivity index (χ1n) is 16.8. The second-order valence-corrected chi connectivity index (χ2v) is 14.9. The van der Waals surface area contributed by atoms with Gasteiger partial charge in [-0.1, -0.05) is 70.5 Å². The van der Waals surface area contributed by atoms with Gasteiger partial charge in [0.2, 0.25) is 11.8 Å². The number of rotatable bonds is 12. The number of benzene rings is 2. The molecule has 8 nitrogen and oxygen atoms in total. The van der Waals surface area contributed by atoms with E-state index in [-0.39, 0.29) is 36.5 Å². The fraction of sp³-hybridized carbons (Fsp3) is 0.622. The Labute approximate surface area is 269 Å². The molecule has 2 aliphatic heterocycles. The zero-order valence-corrected chi connectivity index (χ0v) is 27.8. The van der Waals surface area contributed by atoms with Gasteiger partial charge in [0, 0.05) is 56.2 Å². The number of nitrogens with zero attached hydrogens (tertiary/aromatic N) is 1. The first kappa shape index (κ1) is 33.6. The molecule has 3 fully saturated rings. The molecule has 8 heteroatoms. The van der Waals surface area contributed by atoms with Crippen LogP contribution in [0.2, 0.25) is 0 Å². The van der Waals surface area contributed by atoms with Crippen molar-refractivity contribution in [3.63, 3.8) is 0 Å². The summed E-state index contributed by atoms with van der Waals surface area (Å²) in [6.45, 7) is 13.7. The monoisotopic (exact) mass is 619 g/mol. The lowest BCUT2D eigenvalue weighted by Crippen LogP contribution is -2.46. The van der Waals surface area contributed by atoms with Crippen LogP contribution in [0, 0.1) is 16.7 Å². The third-order valence-corrected chi connectivity index (χ3v) is 9.98. The molecule has 246 valence electrons. The predicted octanol–water partition coefficient (Wildman–Crippen LogP) is 6.51. The third-order valence-electron chi connectivity index (χ3n) is 9.98. The van der Waals surface area contributed by atoms with Crippen molar-refractivity contribution >= 4 is 17.5 Å². The molecule has 2 bridgehead atoms. The number of unbranched alkanes of at least 4 members (excludes halogenated alkanes) is 2. The first-order valence-corrected chi connectivity index (χ1v) is 16.8. The maximum atomic E-state index is 12.5. The van der Waals surface area contributed by atoms with E-state index in [4.69, 9.17) is 9.47 Å². The van der Waals surface area contributed by atoms with Crippen LogP contribution in [-0.4, -0.2) is 53.6 Å². The lowest BCUT2D eigenvalue weighted by atomic mass is 9.65. The zero-order valence-electron chi connectivity index (χ0n) is 27.8. The number of likely N-dealkylation sites (tertiary alicyclic amines) is 1. The summed E-state index contributed by atoms with van der Waals surface area (Å²) in [5, 5.41) is 15.4. The van der Waals surface area contributed by atoms with Gasteiger partial charge in [0.05, 0.1) is 18.8 Å². The number of amides is 2. The van der Waals surface area contributed by atoms with E-state index in [9.17, 15) is 14.7 Å². The van der Waals surface area contributed by atoms with Crippen molar-refractivity contribution in [2.45, 2.75) is 111 Å². The Morgan fingerprint density at radius 2 is 1.67 bits per heavy atom. The Kier molecular flexibility index (Phi) is 10.7. The minimum absolute atomic E-state index is 0.0117. The summed E-state index contributed by atoms with van der Waals surface area (Å²) in [4.78, 5) is 26.2. The van der Waals surface area contributed by atoms with Gasteiger partial charge in [0.15, 0.2) is 6.29 Å². The molecule has 2 aromatic rings. The highest BCUT2D eigenvalue weighted by Gasteiger charge is 2.51. The van der Waals surface area contributed by atoms with Crippen LogP contribution >= 0.6 is 0 Å². The third kappa shape index (κ3) is 8.73. The standard InChI is InChI=1S/C37H53N3O5/c1-25-32(21-40-24-37(5)20-31(40)19-36(3,4)23-37)44-35(45-34(25)28-12-10-27(22-41)11-13-28)29-14-16-30(17-15-29)39-33(43)9-7-6-8-18-38-26(2)42/h10-17,25,31-32,34-35,41H,6-9,18-24H2,1-5H3,(H,38,42)(H,39,43). The van der Waals surface area contributed by atoms with E-state index in [1.165, 1.54) is 26.2 Å². The summed E-state index contributed by atoms with van der Waals surface area (Å²) in [6, 6.07) is 16.5. The molecule has 0 radical (unpaired) electrons. The van der Waals surface area contributed by atoms with Gasteiger partial charge in [0.25, 0.3) is 0 Å². The molecule has 3 aliphatic rings. The molecule has 0 spiro atoms. The van der Waals surface area contributed by atoms with Crippen LogP contribution in [0.15, 0.2) is 48.5 Å². The maximum Gasteiger partial charge on any atom is 0.224 e. The van der Waals surface area contributed by atoms with E-state index >= 15 is 0 Å². The number of carbonyl (C=O) groups is 2. The van der Waals surface area contributed by atoms with Crippen LogP contribution in [0.5, 0.6) is 0 Å². The average molecular weight is 620 g/mol. The number of fused-ring (bicyclic) bond motifs is 2. The summed E-state index contributed by atoms with van der Waals surface area (Å²) in [7, 11) is 0. The fourth-order valence-corrected chi connectivity index (χ4v) is 8.15. The van der Waals surface area contributed by atoms with E-state index in [2.05, 4.69) is 55.4 Å². The van der Waals surface area contributed by atoms with Crippen LogP contribution in [0.3, 0.4) is 0 Å². The normalized spacial score (nSPS) is 29.3. The minimum atomic E-state index is -0.531. The van der Waals surface area contributed by atoms with Gasteiger partial charge < -0.3 is 25.2 Å². The molecular formula is C37H53N3O5. The van der Waals surface area contributed by atoms with Gasteiger partial charge in [-0.25, -0.2) is 0 Å². The smallest absolute Gasteiger partial charge is 0.224 e. The van der Waals surface area contributed by atoms with Gasteiger partial charge in [-0.15, -0.1) is 0 Å². The first-order chi connectivity index (χ1) is 21.4. The number of anilines is 1. The van der Waals surface area contributed by atoms with Crippen molar-refractivity contribution in [3.8, 4) is 0 Å². The molecule has 6 atom stereocenters. The molecule has 3 N–H and O–H groups in total. The Hall–Kier alpha value is -2.78. The van der Waals surface area contributed by atoms with Crippen molar-refractivity contribution in [1.29, 1.82) is 0 Å². The van der Waals surface area contributed by atoms with Gasteiger partial charge in [-0.3, -0.25) is 14.5 Å². The second kappa shape index (κ2) is 14.3. The molecule has 1 saturated carbocycles. The van der Waals surface area contributed by atoms with Crippen molar-refractivity contribution in [1.82, 2.24) is 10.2 Å². The predicted molar refractivity (Wildman–Crippen MR) is 176 cm³/mol. The molecule has 2 aromatic carbocycles. The van der Waals surface area contributed by atoms with Crippen molar-refractivity contribution in [2.24, 2.45) is 16.7 Å². The summed E-state index contributed by atoms with van der Waals surface area (Å²) in [5.74, 6) is 0.101. The summed E-state index contributed by atoms with van der Waals surface area (Å²) >= 11 is 0. The number of carbonyl (C=O) groups excluding carboxylic acids is 2. The number of aliphatic hydroxyl groups is 1. The number of hydrogen-bond donors (Lipinski definition) is 3. The number of ether oxygens (including phenoxy) is 2. The maximum absolute atomic E-state index is 12.5. The van der Waals surface area contributed by atoms with Crippen LogP contribution < -0.4 is 10.6 Å². The molecular weight excluding hydrogens is 566 g/mol. The van der Waals surface area contributed by atoms with Crippen LogP contribution in [0.4, 0.5) is 5.69 Å². The van der Waals surface area contributed by atoms with E-state index in [1.54, 1.807) is 0 Å². The fourth-order valence-electron chi connectivity index (χ4n) is 8.15. The Morgan fingerprint density at radius 3 is 2.36 bits per heavy atom. The Bertz CT molecular complexity index is 1300. The van der Waals surface area contributed by atoms with E-state index < -0.39 is 6.29 Å². The molecule has 1 aliphatic carbocycles. The van der Waals surface area contributed by atoms with E-state index in [1.807, 2.05) is 36.4 Å². The molecule has 2 heterocycles. The summed E-state index contributed by atoms with van der Waals surface area (Å²) in [6.07, 6.45) is 6.03. The van der Waals surface area contributed by atoms with Crippen LogP contribution in [-0.2, 0) is 25.7 Å². The Balaban J connectivity index is 1.25. The lowest BCUT2D eigenvalue weighted by molar-refractivity contribution is -0.276. The molecule has 5 rings (SSSR count). The molecule has 2 saturated heterocycles. The van der Waals surface area contributed by atoms with Gasteiger partial charge in [-0.05, 0) is 66.2 Å². The Morgan fingerprint density at radius 1 is 0.956 bits per heavy atom. The van der Waals surface area contributed by atoms with Crippen molar-refractivity contribution < 1.29 is 24.2 Å². The summed E-state index contributed by atoms with van der Waals surface area (Å²) < 4.78 is 13.5. The summed E-state index contributed by atoms with van der Waals surface area (Å²) in [5.41, 5.74) is 4.36. The topological polar surface area (TPSA) is 100 Å². The van der Waals surface area contributed by atoms with E-state index in [0.717, 1.165) is 54.7 Å². The van der Waals surface area contributed by atoms with E-state index in [0.29, 0.717) is 29.8 Å². The molecule has 0 aromatic heterocycles. The largest absolute Gasteiger partial charge is 0.392 e. The number of aliphatic hydroxyl groups excluding tert-OH is 1. The molecule has 6 unspecified atom stereocenters. The van der Waals surface area contributed by atoms with Crippen LogP contribution in [0.1, 0.15) is 109 Å². The zero-order chi connectivity index (χ0) is 32.2. The average Bonchev–Trinajstić information content (AvgIpc) is 3.23. The highest BCUT2D eigenvalue weighted by atomic mass is 16.7. The van der Waals surface area contributed by atoms with Crippen molar-refractivity contribution in [2.75, 3.05) is 25.0 Å². The SMILES string of the molecule is CC(=O)NCCCCCC(=O)Nc1ccc(C2OC(CN3CC4(C)CC3CC(C)(C)C4)C(C)C(c3ccc(CO)cc3)O2)cc1.